The predicted molar refractivity (Wildman–Crippen MR) is 94.2 cm³/mol. The van der Waals surface area contributed by atoms with Crippen LogP contribution in [0.3, 0.4) is 0 Å². The average molecular weight is 329 g/mol. The number of carboxylic acids is 1. The van der Waals surface area contributed by atoms with Gasteiger partial charge in [-0.1, -0.05) is 36.4 Å². The fourth-order valence-electron chi connectivity index (χ4n) is 2.21. The van der Waals surface area contributed by atoms with E-state index in [2.05, 4.69) is 17.9 Å². The number of rotatable bonds is 5. The topological polar surface area (TPSA) is 66.4 Å². The average Bonchev–Trinajstić information content (AvgIpc) is 2.52. The van der Waals surface area contributed by atoms with E-state index in [0.717, 1.165) is 0 Å². The van der Waals surface area contributed by atoms with Gasteiger partial charge in [0.15, 0.2) is 0 Å². The van der Waals surface area contributed by atoms with Gasteiger partial charge >= 0.3 is 5.97 Å². The molecule has 0 aliphatic rings. The van der Waals surface area contributed by atoms with E-state index in [-0.39, 0.29) is 16.2 Å². The van der Waals surface area contributed by atoms with Crippen molar-refractivity contribution in [1.82, 2.24) is 5.32 Å². The van der Waals surface area contributed by atoms with Gasteiger partial charge < -0.3 is 10.4 Å². The zero-order chi connectivity index (χ0) is 17.0. The first-order valence-corrected chi connectivity index (χ1v) is 7.66. The Balaban J connectivity index is 2.43. The molecule has 4 nitrogen and oxygen atoms in total. The Bertz CT molecular complexity index is 735. The number of nitrogens with one attached hydrogen (secondary N) is 1. The molecule has 0 bridgehead atoms. The lowest BCUT2D eigenvalue weighted by Gasteiger charge is -2.19. The summed E-state index contributed by atoms with van der Waals surface area (Å²) < 4.78 is -0.330. The minimum atomic E-state index is -1.02. The zero-order valence-electron chi connectivity index (χ0n) is 13.0. The van der Waals surface area contributed by atoms with E-state index >= 15 is 0 Å². The number of benzene rings is 2. The smallest absolute Gasteiger partial charge is 0.336 e. The summed E-state index contributed by atoms with van der Waals surface area (Å²) in [4.78, 5) is 23.9. The molecule has 0 unspecified atom stereocenters. The first-order chi connectivity index (χ1) is 10.8. The summed E-state index contributed by atoms with van der Waals surface area (Å²) >= 11 is 4.39. The van der Waals surface area contributed by atoms with Crippen LogP contribution in [0.5, 0.6) is 0 Å². The molecule has 2 N–H and O–H groups in total. The summed E-state index contributed by atoms with van der Waals surface area (Å²) in [6.07, 6.45) is 0. The summed E-state index contributed by atoms with van der Waals surface area (Å²) in [6.45, 7) is 4.22. The van der Waals surface area contributed by atoms with Crippen molar-refractivity contribution in [3.8, 4) is 11.1 Å². The second-order valence-corrected chi connectivity index (χ2v) is 7.10. The van der Waals surface area contributed by atoms with Gasteiger partial charge in [0.1, 0.15) is 0 Å². The second-order valence-electron chi connectivity index (χ2n) is 5.89. The lowest BCUT2D eigenvalue weighted by Crippen LogP contribution is -2.35. The Morgan fingerprint density at radius 2 is 1.48 bits per heavy atom. The number of amides is 1. The summed E-state index contributed by atoms with van der Waals surface area (Å²) in [7, 11) is 0. The van der Waals surface area contributed by atoms with Gasteiger partial charge in [0.2, 0.25) is 0 Å². The van der Waals surface area contributed by atoms with Gasteiger partial charge in [-0.15, -0.1) is 0 Å². The Morgan fingerprint density at radius 3 is 2.00 bits per heavy atom. The molecule has 0 saturated heterocycles. The van der Waals surface area contributed by atoms with Crippen molar-refractivity contribution in [3.63, 3.8) is 0 Å². The van der Waals surface area contributed by atoms with Gasteiger partial charge in [-0.25, -0.2) is 4.79 Å². The van der Waals surface area contributed by atoms with Crippen molar-refractivity contribution in [2.45, 2.75) is 18.6 Å². The van der Waals surface area contributed by atoms with Crippen molar-refractivity contribution in [2.24, 2.45) is 0 Å². The van der Waals surface area contributed by atoms with Crippen LogP contribution in [-0.2, 0) is 0 Å². The molecule has 0 aliphatic carbocycles. The molecule has 23 heavy (non-hydrogen) atoms. The monoisotopic (exact) mass is 329 g/mol. The molecular formula is C18H19NO3S. The van der Waals surface area contributed by atoms with Crippen LogP contribution in [0.1, 0.15) is 34.6 Å². The Morgan fingerprint density at radius 1 is 1.00 bits per heavy atom. The standard InChI is InChI=1S/C18H19NO3S/c1-18(2,23)11-19-16(20)14-9-5-3-7-12(14)13-8-4-6-10-15(13)17(21)22/h3-10,23H,11H2,1-2H3,(H,19,20)(H,21,22). The molecule has 0 radical (unpaired) electrons. The molecule has 0 aliphatic heterocycles. The molecule has 0 spiro atoms. The highest BCUT2D eigenvalue weighted by Crippen LogP contribution is 2.27. The van der Waals surface area contributed by atoms with Gasteiger partial charge in [-0.05, 0) is 37.1 Å². The number of carbonyl (C=O) groups excluding carboxylic acids is 1. The molecule has 2 aromatic carbocycles. The van der Waals surface area contributed by atoms with Crippen LogP contribution in [-0.4, -0.2) is 28.3 Å². The van der Waals surface area contributed by atoms with Crippen LogP contribution in [0.15, 0.2) is 48.5 Å². The van der Waals surface area contributed by atoms with Crippen LogP contribution in [0.25, 0.3) is 11.1 Å². The molecule has 0 heterocycles. The van der Waals surface area contributed by atoms with E-state index in [1.807, 2.05) is 13.8 Å². The molecule has 0 atom stereocenters. The maximum Gasteiger partial charge on any atom is 0.336 e. The maximum atomic E-state index is 12.5. The molecule has 0 saturated carbocycles. The van der Waals surface area contributed by atoms with Crippen LogP contribution in [0, 0.1) is 0 Å². The van der Waals surface area contributed by atoms with E-state index in [1.165, 1.54) is 6.07 Å². The number of carboxylic acid groups (broad SMARTS) is 1. The van der Waals surface area contributed by atoms with Crippen LogP contribution in [0.2, 0.25) is 0 Å². The van der Waals surface area contributed by atoms with Crippen LogP contribution >= 0.6 is 12.6 Å². The molecule has 5 heteroatoms. The highest BCUT2D eigenvalue weighted by molar-refractivity contribution is 7.81. The zero-order valence-corrected chi connectivity index (χ0v) is 13.9. The van der Waals surface area contributed by atoms with Gasteiger partial charge in [0.05, 0.1) is 5.56 Å². The lowest BCUT2D eigenvalue weighted by atomic mass is 9.95. The number of carbonyl (C=O) groups is 2. The first-order valence-electron chi connectivity index (χ1n) is 7.22. The molecule has 120 valence electrons. The number of thiol groups is 1. The van der Waals surface area contributed by atoms with Crippen molar-refractivity contribution in [2.75, 3.05) is 6.54 Å². The van der Waals surface area contributed by atoms with Gasteiger partial charge in [0, 0.05) is 16.9 Å². The fourth-order valence-corrected chi connectivity index (χ4v) is 2.29. The van der Waals surface area contributed by atoms with Gasteiger partial charge in [-0.3, -0.25) is 4.79 Å². The Kier molecular flexibility index (Phi) is 5.11. The van der Waals surface area contributed by atoms with E-state index in [4.69, 9.17) is 0 Å². The Hall–Kier alpha value is -2.27. The largest absolute Gasteiger partial charge is 0.478 e. The molecule has 2 aromatic rings. The van der Waals surface area contributed by atoms with Crippen LogP contribution in [0.4, 0.5) is 0 Å². The molecule has 1 amide bonds. The summed E-state index contributed by atoms with van der Waals surface area (Å²) in [6, 6.07) is 13.6. The third-order valence-electron chi connectivity index (χ3n) is 3.30. The molecule has 0 aromatic heterocycles. The minimum Gasteiger partial charge on any atom is -0.478 e. The summed E-state index contributed by atoms with van der Waals surface area (Å²) in [5, 5.41) is 12.2. The molecular weight excluding hydrogens is 310 g/mol. The fraction of sp³-hybridized carbons (Fsp3) is 0.222. The van der Waals surface area contributed by atoms with Crippen molar-refractivity contribution < 1.29 is 14.7 Å². The van der Waals surface area contributed by atoms with E-state index < -0.39 is 5.97 Å². The third kappa shape index (κ3) is 4.36. The van der Waals surface area contributed by atoms with E-state index in [0.29, 0.717) is 23.2 Å². The lowest BCUT2D eigenvalue weighted by molar-refractivity contribution is 0.0697. The highest BCUT2D eigenvalue weighted by atomic mass is 32.1. The van der Waals surface area contributed by atoms with Gasteiger partial charge in [-0.2, -0.15) is 12.6 Å². The number of hydrogen-bond donors (Lipinski definition) is 3. The SMILES string of the molecule is CC(C)(S)CNC(=O)c1ccccc1-c1ccccc1C(=O)O. The molecule has 0 fully saturated rings. The van der Waals surface area contributed by atoms with E-state index in [9.17, 15) is 14.7 Å². The summed E-state index contributed by atoms with van der Waals surface area (Å²) in [5.74, 6) is -1.27. The van der Waals surface area contributed by atoms with E-state index in [1.54, 1.807) is 42.5 Å². The van der Waals surface area contributed by atoms with Crippen molar-refractivity contribution >= 4 is 24.5 Å². The number of aromatic carboxylic acids is 1. The number of hydrogen-bond acceptors (Lipinski definition) is 3. The highest BCUT2D eigenvalue weighted by Gasteiger charge is 2.19. The predicted octanol–water partition coefficient (Wildman–Crippen LogP) is 3.49. The molecule has 2 rings (SSSR count). The van der Waals surface area contributed by atoms with Crippen molar-refractivity contribution in [1.29, 1.82) is 0 Å². The van der Waals surface area contributed by atoms with Crippen molar-refractivity contribution in [3.05, 3.63) is 59.7 Å². The Labute approximate surface area is 141 Å². The maximum absolute atomic E-state index is 12.5. The second kappa shape index (κ2) is 6.87. The third-order valence-corrected chi connectivity index (χ3v) is 3.46. The normalized spacial score (nSPS) is 11.1. The summed E-state index contributed by atoms with van der Waals surface area (Å²) in [5.41, 5.74) is 1.73. The van der Waals surface area contributed by atoms with Gasteiger partial charge in [0.25, 0.3) is 5.91 Å². The van der Waals surface area contributed by atoms with Crippen LogP contribution < -0.4 is 5.32 Å². The minimum absolute atomic E-state index is 0.169. The first kappa shape index (κ1) is 17.1. The quantitative estimate of drug-likeness (QED) is 0.736.